The molecule has 1 fully saturated rings. The molecule has 0 spiro atoms. The number of aryl methyl sites for hydroxylation is 1. The summed E-state index contributed by atoms with van der Waals surface area (Å²) in [6, 6.07) is 20.0. The lowest BCUT2D eigenvalue weighted by Crippen LogP contribution is -2.56. The number of benzene rings is 3. The number of nitrogens with zero attached hydrogens (tertiary/aromatic N) is 2. The molecule has 6 nitrogen and oxygen atoms in total. The summed E-state index contributed by atoms with van der Waals surface area (Å²) < 4.78 is -1.78. The number of imide groups is 1. The third-order valence-corrected chi connectivity index (χ3v) is 9.92. The quantitative estimate of drug-likeness (QED) is 0.182. The molecule has 4 aliphatic rings. The Hall–Kier alpha value is -2.84. The van der Waals surface area contributed by atoms with Gasteiger partial charge in [-0.1, -0.05) is 86.5 Å². The van der Waals surface area contributed by atoms with Crippen LogP contribution in [-0.4, -0.2) is 16.7 Å². The fraction of sp³-hybridized carbons (Fsp3) is 0.200. The average molecular weight is 568 g/mol. The SMILES string of the molecule is Cc1ccc([N+](=O)[O-])cc1N1C(=O)[C@@H]2[C@@H](C1=O)C1(Br)c3ccccc3C2(Br)c2ccccc21. The van der Waals surface area contributed by atoms with E-state index in [1.165, 1.54) is 12.1 Å². The molecule has 1 aliphatic heterocycles. The molecule has 164 valence electrons. The van der Waals surface area contributed by atoms with E-state index in [2.05, 4.69) is 31.9 Å². The summed E-state index contributed by atoms with van der Waals surface area (Å²) in [5.74, 6) is -2.16. The van der Waals surface area contributed by atoms with Gasteiger partial charge in [0.25, 0.3) is 5.69 Å². The number of hydrogen-bond donors (Lipinski definition) is 0. The first kappa shape index (κ1) is 20.7. The first-order valence-electron chi connectivity index (χ1n) is 10.4. The third-order valence-electron chi connectivity index (χ3n) is 7.23. The minimum atomic E-state index is -0.892. The van der Waals surface area contributed by atoms with Gasteiger partial charge in [0.1, 0.15) is 0 Å². The second kappa shape index (κ2) is 6.61. The van der Waals surface area contributed by atoms with Crippen molar-refractivity contribution in [2.45, 2.75) is 15.6 Å². The van der Waals surface area contributed by atoms with Gasteiger partial charge in [0.05, 0.1) is 31.1 Å². The molecule has 0 saturated carbocycles. The van der Waals surface area contributed by atoms with Gasteiger partial charge in [0.15, 0.2) is 0 Å². The van der Waals surface area contributed by atoms with E-state index in [1.54, 1.807) is 13.0 Å². The van der Waals surface area contributed by atoms with Crippen molar-refractivity contribution in [2.75, 3.05) is 4.90 Å². The maximum atomic E-state index is 14.0. The Bertz CT molecular complexity index is 1300. The summed E-state index contributed by atoms with van der Waals surface area (Å²) in [4.78, 5) is 40.1. The molecule has 2 atom stereocenters. The molecule has 0 N–H and O–H groups in total. The summed E-state index contributed by atoms with van der Waals surface area (Å²) in [5.41, 5.74) is 4.49. The molecule has 8 heteroatoms. The van der Waals surface area contributed by atoms with Crippen molar-refractivity contribution in [1.82, 2.24) is 0 Å². The van der Waals surface area contributed by atoms with Crippen LogP contribution in [0.2, 0.25) is 0 Å². The summed E-state index contributed by atoms with van der Waals surface area (Å²) in [7, 11) is 0. The predicted octanol–water partition coefficient (Wildman–Crippen LogP) is 5.31. The molecular formula is C25H16Br2N2O4. The highest BCUT2D eigenvalue weighted by Gasteiger charge is 2.72. The van der Waals surface area contributed by atoms with Gasteiger partial charge in [-0.25, -0.2) is 4.90 Å². The van der Waals surface area contributed by atoms with E-state index < -0.39 is 25.4 Å². The molecule has 3 aromatic rings. The van der Waals surface area contributed by atoms with E-state index in [-0.39, 0.29) is 23.2 Å². The molecule has 1 heterocycles. The molecule has 0 radical (unpaired) electrons. The molecular weight excluding hydrogens is 552 g/mol. The van der Waals surface area contributed by atoms with Gasteiger partial charge in [-0.3, -0.25) is 19.7 Å². The Labute approximate surface area is 206 Å². The molecule has 1 saturated heterocycles. The van der Waals surface area contributed by atoms with Crippen LogP contribution >= 0.6 is 31.9 Å². The zero-order valence-corrected chi connectivity index (χ0v) is 20.5. The van der Waals surface area contributed by atoms with Gasteiger partial charge in [-0.2, -0.15) is 0 Å². The monoisotopic (exact) mass is 566 g/mol. The molecule has 2 amide bonds. The van der Waals surface area contributed by atoms with Crippen LogP contribution in [0, 0.1) is 28.9 Å². The van der Waals surface area contributed by atoms with E-state index in [9.17, 15) is 19.7 Å². The molecule has 7 rings (SSSR count). The molecule has 3 aromatic carbocycles. The number of amides is 2. The van der Waals surface area contributed by atoms with Gasteiger partial charge < -0.3 is 0 Å². The maximum absolute atomic E-state index is 14.0. The van der Waals surface area contributed by atoms with Crippen LogP contribution in [0.15, 0.2) is 66.7 Å². The van der Waals surface area contributed by atoms with Crippen LogP contribution in [0.5, 0.6) is 0 Å². The van der Waals surface area contributed by atoms with Crippen molar-refractivity contribution in [3.05, 3.63) is 105 Å². The van der Waals surface area contributed by atoms with Gasteiger partial charge in [-0.15, -0.1) is 0 Å². The van der Waals surface area contributed by atoms with Gasteiger partial charge in [-0.05, 0) is 34.7 Å². The highest BCUT2D eigenvalue weighted by atomic mass is 79.9. The van der Waals surface area contributed by atoms with Crippen molar-refractivity contribution in [3.63, 3.8) is 0 Å². The number of halogens is 2. The first-order chi connectivity index (χ1) is 15.7. The number of nitro groups is 1. The fourth-order valence-corrected chi connectivity index (χ4v) is 8.16. The first-order valence-corrected chi connectivity index (χ1v) is 12.0. The van der Waals surface area contributed by atoms with E-state index in [4.69, 9.17) is 0 Å². The van der Waals surface area contributed by atoms with Gasteiger partial charge >= 0.3 is 0 Å². The predicted molar refractivity (Wildman–Crippen MR) is 130 cm³/mol. The van der Waals surface area contributed by atoms with Crippen LogP contribution in [0.1, 0.15) is 27.8 Å². The number of rotatable bonds is 2. The lowest BCUT2D eigenvalue weighted by Gasteiger charge is -2.55. The second-order valence-electron chi connectivity index (χ2n) is 8.71. The van der Waals surface area contributed by atoms with E-state index in [1.807, 2.05) is 48.5 Å². The number of hydrogen-bond acceptors (Lipinski definition) is 4. The zero-order valence-electron chi connectivity index (χ0n) is 17.3. The highest BCUT2D eigenvalue weighted by molar-refractivity contribution is 9.10. The Morgan fingerprint density at radius 3 is 1.64 bits per heavy atom. The second-order valence-corrected chi connectivity index (χ2v) is 11.2. The third kappa shape index (κ3) is 2.33. The van der Waals surface area contributed by atoms with Crippen LogP contribution in [0.4, 0.5) is 11.4 Å². The van der Waals surface area contributed by atoms with Crippen LogP contribution in [0.25, 0.3) is 0 Å². The summed E-state index contributed by atoms with van der Waals surface area (Å²) in [6.45, 7) is 1.74. The number of carbonyl (C=O) groups excluding carboxylic acids is 2. The van der Waals surface area contributed by atoms with E-state index >= 15 is 0 Å². The fourth-order valence-electron chi connectivity index (χ4n) is 5.86. The van der Waals surface area contributed by atoms with Crippen LogP contribution < -0.4 is 4.90 Å². The zero-order chi connectivity index (χ0) is 23.3. The molecule has 0 aromatic heterocycles. The Morgan fingerprint density at radius 2 is 1.24 bits per heavy atom. The highest BCUT2D eigenvalue weighted by Crippen LogP contribution is 2.70. The topological polar surface area (TPSA) is 80.5 Å². The summed E-state index contributed by atoms with van der Waals surface area (Å²) in [6.07, 6.45) is 0. The maximum Gasteiger partial charge on any atom is 0.271 e. The number of carbonyl (C=O) groups is 2. The Kier molecular flexibility index (Phi) is 4.15. The van der Waals surface area contributed by atoms with Crippen molar-refractivity contribution < 1.29 is 14.5 Å². The number of alkyl halides is 2. The number of non-ortho nitro benzene ring substituents is 1. The van der Waals surface area contributed by atoms with Crippen molar-refractivity contribution >= 4 is 55.0 Å². The minimum absolute atomic E-state index is 0.164. The van der Waals surface area contributed by atoms with Crippen molar-refractivity contribution in [1.29, 1.82) is 0 Å². The largest absolute Gasteiger partial charge is 0.274 e. The van der Waals surface area contributed by atoms with Crippen molar-refractivity contribution in [2.24, 2.45) is 11.8 Å². The van der Waals surface area contributed by atoms with E-state index in [0.717, 1.165) is 27.2 Å². The number of anilines is 1. The lowest BCUT2D eigenvalue weighted by molar-refractivity contribution is -0.384. The molecule has 3 aliphatic carbocycles. The van der Waals surface area contributed by atoms with Crippen LogP contribution in [-0.2, 0) is 18.2 Å². The number of nitro benzene ring substituents is 1. The van der Waals surface area contributed by atoms with Crippen molar-refractivity contribution in [3.8, 4) is 0 Å². The molecule has 2 bridgehead atoms. The van der Waals surface area contributed by atoms with Gasteiger partial charge in [0, 0.05) is 12.1 Å². The minimum Gasteiger partial charge on any atom is -0.274 e. The summed E-state index contributed by atoms with van der Waals surface area (Å²) in [5, 5.41) is 11.4. The molecule has 33 heavy (non-hydrogen) atoms. The van der Waals surface area contributed by atoms with Gasteiger partial charge in [0.2, 0.25) is 11.8 Å². The Balaban J connectivity index is 1.64. The smallest absolute Gasteiger partial charge is 0.271 e. The Morgan fingerprint density at radius 1 is 0.818 bits per heavy atom. The van der Waals surface area contributed by atoms with E-state index in [0.29, 0.717) is 5.56 Å². The normalized spacial score (nSPS) is 29.0. The lowest BCUT2D eigenvalue weighted by atomic mass is 9.54. The summed E-state index contributed by atoms with van der Waals surface area (Å²) >= 11 is 7.91. The average Bonchev–Trinajstić information content (AvgIpc) is 3.09. The van der Waals surface area contributed by atoms with Crippen LogP contribution in [0.3, 0.4) is 0 Å². The molecule has 0 unspecified atom stereocenters. The standard InChI is InChI=1S/C25H16Br2N2O4/c1-13-10-11-14(29(32)33)12-19(13)28-22(30)20-21(23(28)31)25(27)16-7-3-2-6-15(16)24(20,26)17-8-4-5-9-18(17)25/h2-12,20-21H,1H3/t20-,21-,24?,25?/m0/s1.